The fourth-order valence-corrected chi connectivity index (χ4v) is 3.56. The van der Waals surface area contributed by atoms with E-state index in [4.69, 9.17) is 9.47 Å². The number of benzene rings is 3. The molecule has 0 spiro atoms. The number of anilines is 2. The highest BCUT2D eigenvalue weighted by Gasteiger charge is 2.21. The van der Waals surface area contributed by atoms with Crippen LogP contribution < -0.4 is 15.0 Å². The molecule has 8 heteroatoms. The predicted molar refractivity (Wildman–Crippen MR) is 115 cm³/mol. The topological polar surface area (TPSA) is 93.9 Å². The van der Waals surface area contributed by atoms with E-state index in [0.717, 1.165) is 10.8 Å². The van der Waals surface area contributed by atoms with Crippen LogP contribution in [0, 0.1) is 10.1 Å². The van der Waals surface area contributed by atoms with Gasteiger partial charge in [-0.25, -0.2) is 0 Å². The second kappa shape index (κ2) is 8.38. The lowest BCUT2D eigenvalue weighted by atomic mass is 10.0. The van der Waals surface area contributed by atoms with Crippen LogP contribution in [0.4, 0.5) is 17.1 Å². The molecule has 1 heterocycles. The van der Waals surface area contributed by atoms with Crippen LogP contribution in [-0.2, 0) is 4.74 Å². The monoisotopic (exact) mass is 407 g/mol. The van der Waals surface area contributed by atoms with Gasteiger partial charge in [-0.15, -0.1) is 0 Å². The molecule has 3 aromatic carbocycles. The average molecular weight is 407 g/mol. The molecule has 0 atom stereocenters. The zero-order valence-corrected chi connectivity index (χ0v) is 16.5. The molecule has 1 aliphatic rings. The number of nitro benzene ring substituents is 1. The molecule has 8 nitrogen and oxygen atoms in total. The van der Waals surface area contributed by atoms with Gasteiger partial charge in [0.25, 0.3) is 11.6 Å². The number of nitrogens with zero attached hydrogens (tertiary/aromatic N) is 2. The van der Waals surface area contributed by atoms with Crippen molar-refractivity contribution < 1.29 is 19.2 Å². The van der Waals surface area contributed by atoms with Gasteiger partial charge in [0.2, 0.25) is 0 Å². The Morgan fingerprint density at radius 2 is 1.80 bits per heavy atom. The van der Waals surface area contributed by atoms with E-state index in [2.05, 4.69) is 5.32 Å². The Kier molecular flexibility index (Phi) is 5.49. The first-order valence-electron chi connectivity index (χ1n) is 9.56. The normalized spacial score (nSPS) is 13.8. The lowest BCUT2D eigenvalue weighted by Crippen LogP contribution is -2.36. The highest BCUT2D eigenvalue weighted by atomic mass is 16.6. The number of carbonyl (C=O) groups excluding carboxylic acids is 1. The van der Waals surface area contributed by atoms with Gasteiger partial charge in [-0.05, 0) is 29.0 Å². The van der Waals surface area contributed by atoms with Crippen molar-refractivity contribution in [3.8, 4) is 5.75 Å². The van der Waals surface area contributed by atoms with Gasteiger partial charge in [-0.2, -0.15) is 0 Å². The van der Waals surface area contributed by atoms with Crippen molar-refractivity contribution in [3.05, 3.63) is 70.3 Å². The van der Waals surface area contributed by atoms with Crippen molar-refractivity contribution >= 4 is 33.7 Å². The number of non-ortho nitro benzene ring substituents is 1. The Bertz CT molecular complexity index is 1110. The van der Waals surface area contributed by atoms with Gasteiger partial charge in [0.05, 0.1) is 42.2 Å². The number of methoxy groups -OCH3 is 1. The third-order valence-corrected chi connectivity index (χ3v) is 5.10. The van der Waals surface area contributed by atoms with Crippen LogP contribution in [0.2, 0.25) is 0 Å². The molecule has 0 aromatic heterocycles. The van der Waals surface area contributed by atoms with Crippen LogP contribution in [0.3, 0.4) is 0 Å². The molecule has 1 N–H and O–H groups in total. The van der Waals surface area contributed by atoms with Gasteiger partial charge in [-0.1, -0.05) is 24.3 Å². The molecule has 0 radical (unpaired) electrons. The summed E-state index contributed by atoms with van der Waals surface area (Å²) in [5, 5.41) is 16.0. The number of nitrogens with one attached hydrogen (secondary N) is 1. The largest absolute Gasteiger partial charge is 0.496 e. The molecule has 30 heavy (non-hydrogen) atoms. The highest BCUT2D eigenvalue weighted by molar-refractivity contribution is 6.10. The minimum Gasteiger partial charge on any atom is -0.496 e. The summed E-state index contributed by atoms with van der Waals surface area (Å²) in [5.74, 6) is 0.113. The Hall–Kier alpha value is -3.65. The summed E-state index contributed by atoms with van der Waals surface area (Å²) in [4.78, 5) is 25.9. The summed E-state index contributed by atoms with van der Waals surface area (Å²) < 4.78 is 10.8. The van der Waals surface area contributed by atoms with Crippen LogP contribution in [0.5, 0.6) is 5.75 Å². The molecule has 154 valence electrons. The summed E-state index contributed by atoms with van der Waals surface area (Å²) in [5.41, 5.74) is 1.46. The van der Waals surface area contributed by atoms with Crippen LogP contribution >= 0.6 is 0 Å². The summed E-state index contributed by atoms with van der Waals surface area (Å²) >= 11 is 0. The standard InChI is InChI=1S/C22H21N3O5/c1-29-21-13-16-5-3-2-4-15(16)12-18(21)22(26)23-19-7-6-17(25(27)28)14-20(19)24-8-10-30-11-9-24/h2-7,12-14H,8-11H2,1H3,(H,23,26). The Morgan fingerprint density at radius 1 is 1.10 bits per heavy atom. The quantitative estimate of drug-likeness (QED) is 0.510. The predicted octanol–water partition coefficient (Wildman–Crippen LogP) is 3.85. The number of hydrogen-bond donors (Lipinski definition) is 1. The number of fused-ring (bicyclic) bond motifs is 1. The molecule has 1 amide bonds. The molecule has 3 aromatic rings. The molecule has 0 aliphatic carbocycles. The summed E-state index contributed by atoms with van der Waals surface area (Å²) in [6.45, 7) is 2.22. The van der Waals surface area contributed by atoms with Crippen LogP contribution in [0.25, 0.3) is 10.8 Å². The number of amides is 1. The Labute approximate surface area is 173 Å². The lowest BCUT2D eigenvalue weighted by Gasteiger charge is -2.30. The van der Waals surface area contributed by atoms with Gasteiger partial charge in [0.1, 0.15) is 5.75 Å². The third kappa shape index (κ3) is 3.90. The van der Waals surface area contributed by atoms with Crippen molar-refractivity contribution in [1.82, 2.24) is 0 Å². The summed E-state index contributed by atoms with van der Waals surface area (Å²) in [6, 6.07) is 15.7. The number of rotatable bonds is 5. The van der Waals surface area contributed by atoms with Crippen molar-refractivity contribution in [1.29, 1.82) is 0 Å². The minimum absolute atomic E-state index is 0.0298. The van der Waals surface area contributed by atoms with E-state index in [1.807, 2.05) is 35.2 Å². The third-order valence-electron chi connectivity index (χ3n) is 5.10. The maximum atomic E-state index is 13.1. The molecule has 1 fully saturated rings. The summed E-state index contributed by atoms with van der Waals surface area (Å²) in [7, 11) is 1.52. The van der Waals surface area contributed by atoms with Gasteiger partial charge < -0.3 is 19.7 Å². The second-order valence-corrected chi connectivity index (χ2v) is 6.91. The first-order chi connectivity index (χ1) is 14.6. The van der Waals surface area contributed by atoms with E-state index < -0.39 is 4.92 Å². The van der Waals surface area contributed by atoms with Crippen LogP contribution in [-0.4, -0.2) is 44.2 Å². The fourth-order valence-electron chi connectivity index (χ4n) is 3.56. The first-order valence-corrected chi connectivity index (χ1v) is 9.56. The number of ether oxygens (including phenoxy) is 2. The summed E-state index contributed by atoms with van der Waals surface area (Å²) in [6.07, 6.45) is 0. The van der Waals surface area contributed by atoms with Crippen molar-refractivity contribution in [2.75, 3.05) is 43.6 Å². The average Bonchev–Trinajstić information content (AvgIpc) is 2.78. The zero-order valence-electron chi connectivity index (χ0n) is 16.5. The molecule has 1 saturated heterocycles. The van der Waals surface area contributed by atoms with Crippen LogP contribution in [0.15, 0.2) is 54.6 Å². The molecular weight excluding hydrogens is 386 g/mol. The maximum absolute atomic E-state index is 13.1. The van der Waals surface area contributed by atoms with E-state index in [1.54, 1.807) is 12.1 Å². The number of morpholine rings is 1. The Balaban J connectivity index is 1.70. The molecular formula is C22H21N3O5. The molecule has 0 unspecified atom stereocenters. The number of hydrogen-bond acceptors (Lipinski definition) is 6. The van der Waals surface area contributed by atoms with E-state index in [1.165, 1.54) is 19.2 Å². The van der Waals surface area contributed by atoms with Gasteiger partial charge in [0.15, 0.2) is 0 Å². The van der Waals surface area contributed by atoms with Crippen LogP contribution in [0.1, 0.15) is 10.4 Å². The number of carbonyl (C=O) groups is 1. The highest BCUT2D eigenvalue weighted by Crippen LogP contribution is 2.33. The van der Waals surface area contributed by atoms with E-state index in [0.29, 0.717) is 49.0 Å². The SMILES string of the molecule is COc1cc2ccccc2cc1C(=O)Nc1ccc([N+](=O)[O-])cc1N1CCOCC1. The molecule has 4 rings (SSSR count). The lowest BCUT2D eigenvalue weighted by molar-refractivity contribution is -0.384. The van der Waals surface area contributed by atoms with Crippen molar-refractivity contribution in [2.24, 2.45) is 0 Å². The second-order valence-electron chi connectivity index (χ2n) is 6.91. The zero-order chi connectivity index (χ0) is 21.1. The van der Waals surface area contributed by atoms with Gasteiger partial charge >= 0.3 is 0 Å². The van der Waals surface area contributed by atoms with E-state index >= 15 is 0 Å². The number of nitro groups is 1. The maximum Gasteiger partial charge on any atom is 0.271 e. The smallest absolute Gasteiger partial charge is 0.271 e. The molecule has 0 bridgehead atoms. The first kappa shape index (κ1) is 19.7. The molecule has 1 aliphatic heterocycles. The van der Waals surface area contributed by atoms with Crippen molar-refractivity contribution in [2.45, 2.75) is 0 Å². The fraction of sp³-hybridized carbons (Fsp3) is 0.227. The van der Waals surface area contributed by atoms with E-state index in [9.17, 15) is 14.9 Å². The van der Waals surface area contributed by atoms with Crippen molar-refractivity contribution in [3.63, 3.8) is 0 Å². The molecule has 0 saturated carbocycles. The Morgan fingerprint density at radius 3 is 2.47 bits per heavy atom. The van der Waals surface area contributed by atoms with E-state index in [-0.39, 0.29) is 11.6 Å². The van der Waals surface area contributed by atoms with Gasteiger partial charge in [0, 0.05) is 25.2 Å². The minimum atomic E-state index is -0.443. The van der Waals surface area contributed by atoms with Gasteiger partial charge in [-0.3, -0.25) is 14.9 Å².